The number of unbranched alkanes of at least 4 members (excludes halogenated alkanes) is 4. The van der Waals surface area contributed by atoms with Gasteiger partial charge >= 0.3 is 0 Å². The first kappa shape index (κ1) is 18.5. The Kier molecular flexibility index (Phi) is 9.99. The molecule has 0 aromatic rings. The van der Waals surface area contributed by atoms with Gasteiger partial charge in [-0.1, -0.05) is 39.0 Å². The first-order chi connectivity index (χ1) is 8.95. The van der Waals surface area contributed by atoms with Crippen molar-refractivity contribution in [2.75, 3.05) is 6.61 Å². The number of aliphatic hydroxyl groups is 5. The monoisotopic (exact) mass is 278 g/mol. The number of aliphatic hydroxyl groups excluding tert-OH is 5. The third-order valence-electron chi connectivity index (χ3n) is 3.10. The predicted molar refractivity (Wildman–Crippen MR) is 69.5 cm³/mol. The second-order valence-electron chi connectivity index (χ2n) is 4.81. The molecule has 4 atom stereocenters. The van der Waals surface area contributed by atoms with Gasteiger partial charge in [-0.05, 0) is 6.42 Å². The fraction of sp³-hybridized carbons (Fsp3) is 0.923. The molecule has 114 valence electrons. The van der Waals surface area contributed by atoms with Crippen molar-refractivity contribution >= 4 is 5.78 Å². The summed E-state index contributed by atoms with van der Waals surface area (Å²) in [4.78, 5) is 11.5. The van der Waals surface area contributed by atoms with Gasteiger partial charge in [0.25, 0.3) is 0 Å². The van der Waals surface area contributed by atoms with Crippen LogP contribution in [0.25, 0.3) is 0 Å². The maximum atomic E-state index is 11.5. The molecule has 0 saturated heterocycles. The van der Waals surface area contributed by atoms with Crippen molar-refractivity contribution in [2.24, 2.45) is 0 Å². The Hall–Kier alpha value is -0.530. The van der Waals surface area contributed by atoms with Gasteiger partial charge in [0.15, 0.2) is 5.78 Å². The maximum Gasteiger partial charge on any atom is 0.195 e. The van der Waals surface area contributed by atoms with E-state index in [-0.39, 0.29) is 6.42 Å². The minimum atomic E-state index is -1.88. The van der Waals surface area contributed by atoms with Crippen LogP contribution in [0.3, 0.4) is 0 Å². The average Bonchev–Trinajstić information content (AvgIpc) is 2.43. The normalized spacial score (nSPS) is 17.8. The number of carbonyl (C=O) groups is 1. The fourth-order valence-electron chi connectivity index (χ4n) is 1.77. The highest BCUT2D eigenvalue weighted by Crippen LogP contribution is 2.11. The summed E-state index contributed by atoms with van der Waals surface area (Å²) in [6.07, 6.45) is -1.39. The van der Waals surface area contributed by atoms with Crippen molar-refractivity contribution in [3.05, 3.63) is 0 Å². The molecule has 0 rings (SSSR count). The topological polar surface area (TPSA) is 118 Å². The van der Waals surface area contributed by atoms with Crippen molar-refractivity contribution in [2.45, 2.75) is 69.9 Å². The lowest BCUT2D eigenvalue weighted by Crippen LogP contribution is -2.46. The standard InChI is InChI=1S/C13H26O6/c1-2-3-4-5-6-7-9(15)11(17)13(19)12(18)10(16)8-14/h9-12,14-18H,2-8H2,1H3/t9?,10-,11-,12-/m1/s1. The lowest BCUT2D eigenvalue weighted by Gasteiger charge is -2.21. The molecular weight excluding hydrogens is 252 g/mol. The molecule has 0 radical (unpaired) electrons. The molecule has 0 saturated carbocycles. The number of ketones is 1. The van der Waals surface area contributed by atoms with Crippen molar-refractivity contribution in [1.29, 1.82) is 0 Å². The van der Waals surface area contributed by atoms with Crippen LogP contribution in [0.15, 0.2) is 0 Å². The van der Waals surface area contributed by atoms with E-state index in [1.54, 1.807) is 0 Å². The molecule has 5 N–H and O–H groups in total. The molecule has 0 aromatic carbocycles. The second-order valence-corrected chi connectivity index (χ2v) is 4.81. The summed E-state index contributed by atoms with van der Waals surface area (Å²) in [5.41, 5.74) is 0. The zero-order valence-electron chi connectivity index (χ0n) is 11.4. The second kappa shape index (κ2) is 10.3. The van der Waals surface area contributed by atoms with E-state index in [1.165, 1.54) is 0 Å². The van der Waals surface area contributed by atoms with Gasteiger partial charge in [0.2, 0.25) is 0 Å². The first-order valence-electron chi connectivity index (χ1n) is 6.82. The van der Waals surface area contributed by atoms with Gasteiger partial charge < -0.3 is 25.5 Å². The molecular formula is C13H26O6. The van der Waals surface area contributed by atoms with Gasteiger partial charge in [-0.3, -0.25) is 4.79 Å². The summed E-state index contributed by atoms with van der Waals surface area (Å²) in [5, 5.41) is 46.2. The summed E-state index contributed by atoms with van der Waals surface area (Å²) in [7, 11) is 0. The molecule has 0 heterocycles. The molecule has 19 heavy (non-hydrogen) atoms. The number of carbonyl (C=O) groups excluding carboxylic acids is 1. The van der Waals surface area contributed by atoms with Crippen LogP contribution in [0.1, 0.15) is 45.4 Å². The molecule has 0 amide bonds. The zero-order valence-corrected chi connectivity index (χ0v) is 11.4. The van der Waals surface area contributed by atoms with Crippen LogP contribution in [0.5, 0.6) is 0 Å². The zero-order chi connectivity index (χ0) is 14.8. The number of hydrogen-bond donors (Lipinski definition) is 5. The molecule has 0 spiro atoms. The summed E-state index contributed by atoms with van der Waals surface area (Å²) >= 11 is 0. The van der Waals surface area contributed by atoms with Crippen molar-refractivity contribution in [3.8, 4) is 0 Å². The van der Waals surface area contributed by atoms with E-state index < -0.39 is 36.8 Å². The van der Waals surface area contributed by atoms with Crippen LogP contribution < -0.4 is 0 Å². The first-order valence-corrected chi connectivity index (χ1v) is 6.82. The van der Waals surface area contributed by atoms with Gasteiger partial charge in [0, 0.05) is 0 Å². The van der Waals surface area contributed by atoms with E-state index >= 15 is 0 Å². The SMILES string of the molecule is CCCCCCCC(O)[C@@H](O)C(=O)[C@H](O)[C@H](O)CO. The van der Waals surface area contributed by atoms with E-state index in [0.29, 0.717) is 6.42 Å². The van der Waals surface area contributed by atoms with Crippen LogP contribution in [0, 0.1) is 0 Å². The Morgan fingerprint density at radius 3 is 1.95 bits per heavy atom. The lowest BCUT2D eigenvalue weighted by molar-refractivity contribution is -0.149. The van der Waals surface area contributed by atoms with Crippen LogP contribution in [-0.4, -0.2) is 62.3 Å². The average molecular weight is 278 g/mol. The van der Waals surface area contributed by atoms with E-state index in [9.17, 15) is 20.1 Å². The fourth-order valence-corrected chi connectivity index (χ4v) is 1.77. The van der Waals surface area contributed by atoms with E-state index in [0.717, 1.165) is 25.7 Å². The largest absolute Gasteiger partial charge is 0.394 e. The minimum absolute atomic E-state index is 0.262. The third kappa shape index (κ3) is 6.98. The van der Waals surface area contributed by atoms with Gasteiger partial charge in [-0.15, -0.1) is 0 Å². The minimum Gasteiger partial charge on any atom is -0.394 e. The highest BCUT2D eigenvalue weighted by molar-refractivity contribution is 5.88. The molecule has 0 aliphatic heterocycles. The highest BCUT2D eigenvalue weighted by atomic mass is 16.4. The number of hydrogen-bond acceptors (Lipinski definition) is 6. The summed E-state index contributed by atoms with van der Waals surface area (Å²) in [6.45, 7) is 1.30. The van der Waals surface area contributed by atoms with Gasteiger partial charge in [-0.25, -0.2) is 0 Å². The highest BCUT2D eigenvalue weighted by Gasteiger charge is 2.32. The molecule has 0 aliphatic rings. The predicted octanol–water partition coefficient (Wildman–Crippen LogP) is -0.648. The Bertz CT molecular complexity index is 245. The quantitative estimate of drug-likeness (QED) is 0.321. The third-order valence-corrected chi connectivity index (χ3v) is 3.10. The van der Waals surface area contributed by atoms with E-state index in [1.807, 2.05) is 0 Å². The Labute approximate surface area is 113 Å². The Morgan fingerprint density at radius 1 is 0.895 bits per heavy atom. The van der Waals surface area contributed by atoms with Crippen molar-refractivity contribution in [1.82, 2.24) is 0 Å². The van der Waals surface area contributed by atoms with Gasteiger partial charge in [-0.2, -0.15) is 0 Å². The van der Waals surface area contributed by atoms with Gasteiger partial charge in [0.05, 0.1) is 12.7 Å². The van der Waals surface area contributed by atoms with E-state index in [4.69, 9.17) is 10.2 Å². The molecule has 1 unspecified atom stereocenters. The molecule has 0 bridgehead atoms. The molecule has 0 fully saturated rings. The summed E-state index contributed by atoms with van der Waals surface area (Å²) in [6, 6.07) is 0. The van der Waals surface area contributed by atoms with Crippen LogP contribution in [0.4, 0.5) is 0 Å². The van der Waals surface area contributed by atoms with Crippen LogP contribution in [-0.2, 0) is 4.79 Å². The summed E-state index contributed by atoms with van der Waals surface area (Å²) in [5.74, 6) is -1.07. The smallest absolute Gasteiger partial charge is 0.195 e. The van der Waals surface area contributed by atoms with Crippen molar-refractivity contribution < 1.29 is 30.3 Å². The molecule has 0 aliphatic carbocycles. The molecule has 6 heteroatoms. The molecule has 0 aromatic heterocycles. The van der Waals surface area contributed by atoms with E-state index in [2.05, 4.69) is 6.92 Å². The maximum absolute atomic E-state index is 11.5. The number of rotatable bonds is 11. The van der Waals surface area contributed by atoms with Crippen LogP contribution in [0.2, 0.25) is 0 Å². The molecule has 6 nitrogen and oxygen atoms in total. The Morgan fingerprint density at radius 2 is 1.42 bits per heavy atom. The summed E-state index contributed by atoms with van der Waals surface area (Å²) < 4.78 is 0. The Balaban J connectivity index is 4.03. The van der Waals surface area contributed by atoms with Crippen LogP contribution >= 0.6 is 0 Å². The number of Topliss-reactive ketones (excluding diaryl/α,β-unsaturated/α-hetero) is 1. The van der Waals surface area contributed by atoms with Gasteiger partial charge in [0.1, 0.15) is 18.3 Å². The van der Waals surface area contributed by atoms with Crippen molar-refractivity contribution in [3.63, 3.8) is 0 Å². The lowest BCUT2D eigenvalue weighted by atomic mass is 9.97.